The minimum atomic E-state index is 0.140. The van der Waals surface area contributed by atoms with Gasteiger partial charge in [0.05, 0.1) is 24.0 Å². The second-order valence-electron chi connectivity index (χ2n) is 4.30. The van der Waals surface area contributed by atoms with Gasteiger partial charge in [-0.2, -0.15) is 0 Å². The Balaban J connectivity index is 2.07. The van der Waals surface area contributed by atoms with Crippen molar-refractivity contribution in [2.24, 2.45) is 10.9 Å². The SMILES string of the molecule is N/C(Cc1nc2ccccc2n1Cc1nccs1)=N/O. The van der Waals surface area contributed by atoms with E-state index in [-0.39, 0.29) is 5.84 Å². The highest BCUT2D eigenvalue weighted by atomic mass is 32.1. The van der Waals surface area contributed by atoms with Crippen LogP contribution >= 0.6 is 11.3 Å². The van der Waals surface area contributed by atoms with Crippen molar-refractivity contribution in [3.05, 3.63) is 46.7 Å². The van der Waals surface area contributed by atoms with Gasteiger partial charge in [0.25, 0.3) is 0 Å². The molecule has 102 valence electrons. The third kappa shape index (κ3) is 2.35. The van der Waals surface area contributed by atoms with Crippen LogP contribution < -0.4 is 5.73 Å². The van der Waals surface area contributed by atoms with Crippen molar-refractivity contribution in [1.29, 1.82) is 0 Å². The summed E-state index contributed by atoms with van der Waals surface area (Å²) in [6, 6.07) is 7.86. The predicted octanol–water partition coefficient (Wildman–Crippen LogP) is 1.83. The molecule has 0 aliphatic carbocycles. The number of thiazole rings is 1. The molecule has 0 aliphatic heterocycles. The molecule has 3 rings (SSSR count). The molecule has 0 amide bonds. The van der Waals surface area contributed by atoms with Gasteiger partial charge in [0, 0.05) is 11.6 Å². The fourth-order valence-electron chi connectivity index (χ4n) is 2.10. The predicted molar refractivity (Wildman–Crippen MR) is 78.1 cm³/mol. The monoisotopic (exact) mass is 287 g/mol. The summed E-state index contributed by atoms with van der Waals surface area (Å²) in [6.45, 7) is 0.631. The van der Waals surface area contributed by atoms with E-state index in [4.69, 9.17) is 10.9 Å². The van der Waals surface area contributed by atoms with Gasteiger partial charge in [0.1, 0.15) is 16.7 Å². The van der Waals surface area contributed by atoms with Gasteiger partial charge in [0.2, 0.25) is 0 Å². The first-order valence-corrected chi connectivity index (χ1v) is 6.95. The Morgan fingerprint density at radius 2 is 2.25 bits per heavy atom. The lowest BCUT2D eigenvalue weighted by Gasteiger charge is -2.06. The zero-order valence-corrected chi connectivity index (χ0v) is 11.4. The van der Waals surface area contributed by atoms with Gasteiger partial charge in [-0.25, -0.2) is 9.97 Å². The van der Waals surface area contributed by atoms with E-state index in [9.17, 15) is 0 Å². The summed E-state index contributed by atoms with van der Waals surface area (Å²) in [5.74, 6) is 0.900. The van der Waals surface area contributed by atoms with Crippen molar-refractivity contribution in [2.45, 2.75) is 13.0 Å². The Kier molecular flexibility index (Phi) is 3.34. The van der Waals surface area contributed by atoms with Gasteiger partial charge in [-0.15, -0.1) is 11.3 Å². The average Bonchev–Trinajstić information content (AvgIpc) is 3.08. The van der Waals surface area contributed by atoms with Crippen molar-refractivity contribution in [3.63, 3.8) is 0 Å². The van der Waals surface area contributed by atoms with Crippen LogP contribution in [0, 0.1) is 0 Å². The largest absolute Gasteiger partial charge is 0.409 e. The van der Waals surface area contributed by atoms with E-state index < -0.39 is 0 Å². The molecule has 2 aromatic heterocycles. The second-order valence-corrected chi connectivity index (χ2v) is 5.28. The molecular weight excluding hydrogens is 274 g/mol. The Bertz CT molecular complexity index is 747. The third-order valence-electron chi connectivity index (χ3n) is 2.98. The molecule has 6 nitrogen and oxygen atoms in total. The summed E-state index contributed by atoms with van der Waals surface area (Å²) in [5, 5.41) is 14.7. The van der Waals surface area contributed by atoms with Crippen molar-refractivity contribution in [1.82, 2.24) is 14.5 Å². The summed E-state index contributed by atoms with van der Waals surface area (Å²) >= 11 is 1.59. The quantitative estimate of drug-likeness (QED) is 0.331. The van der Waals surface area contributed by atoms with Crippen molar-refractivity contribution in [3.8, 4) is 0 Å². The van der Waals surface area contributed by atoms with Crippen LogP contribution in [0.1, 0.15) is 10.8 Å². The van der Waals surface area contributed by atoms with E-state index in [0.29, 0.717) is 13.0 Å². The molecule has 0 bridgehead atoms. The third-order valence-corrected chi connectivity index (χ3v) is 3.74. The Labute approximate surface area is 119 Å². The smallest absolute Gasteiger partial charge is 0.146 e. The Morgan fingerprint density at radius 3 is 3.00 bits per heavy atom. The number of benzene rings is 1. The number of hydrogen-bond donors (Lipinski definition) is 2. The molecular formula is C13H13N5OS. The molecule has 3 N–H and O–H groups in total. The minimum absolute atomic E-state index is 0.140. The first-order valence-electron chi connectivity index (χ1n) is 6.07. The number of fused-ring (bicyclic) bond motifs is 1. The van der Waals surface area contributed by atoms with Crippen LogP contribution in [0.3, 0.4) is 0 Å². The van der Waals surface area contributed by atoms with Crippen LogP contribution in [0.2, 0.25) is 0 Å². The number of rotatable bonds is 4. The van der Waals surface area contributed by atoms with E-state index in [0.717, 1.165) is 21.9 Å². The normalized spacial score (nSPS) is 12.1. The lowest BCUT2D eigenvalue weighted by atomic mass is 10.3. The van der Waals surface area contributed by atoms with Gasteiger partial charge in [-0.1, -0.05) is 17.3 Å². The molecule has 0 saturated carbocycles. The van der Waals surface area contributed by atoms with Crippen LogP contribution in [-0.2, 0) is 13.0 Å². The number of imidazole rings is 1. The number of para-hydroxylation sites is 2. The molecule has 3 aromatic rings. The summed E-state index contributed by atoms with van der Waals surface area (Å²) in [5.41, 5.74) is 7.51. The molecule has 0 spiro atoms. The van der Waals surface area contributed by atoms with Crippen molar-refractivity contribution in [2.75, 3.05) is 0 Å². The fraction of sp³-hybridized carbons (Fsp3) is 0.154. The van der Waals surface area contributed by atoms with E-state index >= 15 is 0 Å². The zero-order chi connectivity index (χ0) is 13.9. The van der Waals surface area contributed by atoms with E-state index in [1.54, 1.807) is 17.5 Å². The van der Waals surface area contributed by atoms with Gasteiger partial charge < -0.3 is 15.5 Å². The number of oxime groups is 1. The van der Waals surface area contributed by atoms with Crippen LogP contribution in [-0.4, -0.2) is 25.6 Å². The van der Waals surface area contributed by atoms with E-state index in [1.807, 2.05) is 34.2 Å². The lowest BCUT2D eigenvalue weighted by molar-refractivity contribution is 0.317. The van der Waals surface area contributed by atoms with Crippen LogP contribution in [0.4, 0.5) is 0 Å². The van der Waals surface area contributed by atoms with E-state index in [2.05, 4.69) is 15.1 Å². The number of nitrogens with two attached hydrogens (primary N) is 1. The van der Waals surface area contributed by atoms with Crippen LogP contribution in [0.5, 0.6) is 0 Å². The maximum absolute atomic E-state index is 8.73. The topological polar surface area (TPSA) is 89.3 Å². The average molecular weight is 287 g/mol. The standard InChI is InChI=1S/C13H13N5OS/c14-11(17-19)7-12-16-9-3-1-2-4-10(9)18(12)8-13-15-5-6-20-13/h1-6,19H,7-8H2,(H2,14,17). The minimum Gasteiger partial charge on any atom is -0.409 e. The number of aromatic nitrogens is 3. The molecule has 0 unspecified atom stereocenters. The second kappa shape index (κ2) is 5.30. The molecule has 1 aromatic carbocycles. The maximum atomic E-state index is 8.73. The summed E-state index contributed by atoms with van der Waals surface area (Å²) < 4.78 is 2.05. The first-order chi connectivity index (χ1) is 9.78. The van der Waals surface area contributed by atoms with Gasteiger partial charge in [-0.3, -0.25) is 0 Å². The lowest BCUT2D eigenvalue weighted by Crippen LogP contribution is -2.18. The molecule has 2 heterocycles. The van der Waals surface area contributed by atoms with E-state index in [1.165, 1.54) is 0 Å². The maximum Gasteiger partial charge on any atom is 0.146 e. The molecule has 0 aliphatic rings. The highest BCUT2D eigenvalue weighted by Gasteiger charge is 2.13. The molecule has 0 saturated heterocycles. The highest BCUT2D eigenvalue weighted by molar-refractivity contribution is 7.09. The summed E-state index contributed by atoms with van der Waals surface area (Å²) in [4.78, 5) is 8.85. The number of nitrogens with zero attached hydrogens (tertiary/aromatic N) is 4. The molecule has 0 radical (unpaired) electrons. The first kappa shape index (κ1) is 12.6. The van der Waals surface area contributed by atoms with Crippen molar-refractivity contribution < 1.29 is 5.21 Å². The fourth-order valence-corrected chi connectivity index (χ4v) is 2.70. The highest BCUT2D eigenvalue weighted by Crippen LogP contribution is 2.19. The zero-order valence-electron chi connectivity index (χ0n) is 10.6. The summed E-state index contributed by atoms with van der Waals surface area (Å²) in [7, 11) is 0. The Hall–Kier alpha value is -2.41. The van der Waals surface area contributed by atoms with Gasteiger partial charge in [-0.05, 0) is 12.1 Å². The van der Waals surface area contributed by atoms with Crippen LogP contribution in [0.25, 0.3) is 11.0 Å². The number of amidine groups is 1. The molecule has 0 atom stereocenters. The van der Waals surface area contributed by atoms with Crippen molar-refractivity contribution >= 4 is 28.2 Å². The molecule has 0 fully saturated rings. The summed E-state index contributed by atoms with van der Waals surface area (Å²) in [6.07, 6.45) is 2.08. The molecule has 7 heteroatoms. The van der Waals surface area contributed by atoms with Crippen LogP contribution in [0.15, 0.2) is 41.0 Å². The van der Waals surface area contributed by atoms with Gasteiger partial charge >= 0.3 is 0 Å². The molecule has 20 heavy (non-hydrogen) atoms. The Morgan fingerprint density at radius 1 is 1.40 bits per heavy atom. The number of hydrogen-bond acceptors (Lipinski definition) is 5. The van der Waals surface area contributed by atoms with Gasteiger partial charge in [0.15, 0.2) is 0 Å².